The van der Waals surface area contributed by atoms with Crippen LogP contribution in [-0.2, 0) is 21.4 Å². The standard InChI is InChI=1S/C35H51NO5/c1-3-4-5-6-7-8-9-10-11-12-13-14-15-16-17-18-30(38)40-28-21-22-35(39)29-25-26-19-20-27(37)32-31(26)34(35,33(28)41-32)23-24-36(29)2/h10-11,19-21,29,33,37,39H,3-9,12-18,22-25H2,1-2H3/b11-10-/t29-,33+,34+,35-/m1/s1. The Morgan fingerprint density at radius 3 is 2.46 bits per heavy atom. The molecule has 2 aliphatic heterocycles. The molecular formula is C35H51NO5. The molecule has 5 rings (SSSR count). The molecule has 2 heterocycles. The summed E-state index contributed by atoms with van der Waals surface area (Å²) >= 11 is 0. The Morgan fingerprint density at radius 1 is 1.05 bits per heavy atom. The third-order valence-electron chi connectivity index (χ3n) is 10.2. The van der Waals surface area contributed by atoms with E-state index in [0.29, 0.717) is 37.2 Å². The Balaban J connectivity index is 1.06. The van der Waals surface area contributed by atoms with Gasteiger partial charge in [0, 0.05) is 24.4 Å². The van der Waals surface area contributed by atoms with Crippen molar-refractivity contribution in [2.75, 3.05) is 13.6 Å². The van der Waals surface area contributed by atoms with E-state index in [1.54, 1.807) is 6.07 Å². The third kappa shape index (κ3) is 5.84. The van der Waals surface area contributed by atoms with Crippen LogP contribution in [0.15, 0.2) is 36.1 Å². The van der Waals surface area contributed by atoms with Crippen molar-refractivity contribution >= 4 is 5.97 Å². The molecular weight excluding hydrogens is 514 g/mol. The number of unbranched alkanes of at least 4 members (excludes halogenated alkanes) is 11. The smallest absolute Gasteiger partial charge is 0.310 e. The van der Waals surface area contributed by atoms with Crippen molar-refractivity contribution in [3.05, 3.63) is 47.2 Å². The molecule has 4 aliphatic rings. The van der Waals surface area contributed by atoms with Gasteiger partial charge >= 0.3 is 5.97 Å². The van der Waals surface area contributed by atoms with Gasteiger partial charge in [-0.1, -0.05) is 76.5 Å². The van der Waals surface area contributed by atoms with E-state index >= 15 is 0 Å². The van der Waals surface area contributed by atoms with E-state index in [9.17, 15) is 15.0 Å². The van der Waals surface area contributed by atoms with Crippen molar-refractivity contribution in [1.82, 2.24) is 4.90 Å². The molecule has 0 aromatic heterocycles. The lowest BCUT2D eigenvalue weighted by atomic mass is 9.50. The number of rotatable bonds is 16. The summed E-state index contributed by atoms with van der Waals surface area (Å²) in [6.07, 6.45) is 24.0. The fraction of sp³-hybridized carbons (Fsp3) is 0.686. The summed E-state index contributed by atoms with van der Waals surface area (Å²) in [5.74, 6) is 0.806. The average molecular weight is 566 g/mol. The number of carbonyl (C=O) groups excluding carboxylic acids is 1. The number of esters is 1. The number of piperidine rings is 1. The van der Waals surface area contributed by atoms with Gasteiger partial charge in [0.15, 0.2) is 17.6 Å². The van der Waals surface area contributed by atoms with Gasteiger partial charge < -0.3 is 24.6 Å². The summed E-state index contributed by atoms with van der Waals surface area (Å²) in [5.41, 5.74) is 0.297. The Morgan fingerprint density at radius 2 is 1.73 bits per heavy atom. The topological polar surface area (TPSA) is 79.2 Å². The Bertz CT molecular complexity index is 1130. The maximum Gasteiger partial charge on any atom is 0.310 e. The van der Waals surface area contributed by atoms with Crippen LogP contribution >= 0.6 is 0 Å². The van der Waals surface area contributed by atoms with E-state index in [0.717, 1.165) is 43.4 Å². The zero-order valence-corrected chi connectivity index (χ0v) is 25.3. The summed E-state index contributed by atoms with van der Waals surface area (Å²) in [6.45, 7) is 3.08. The fourth-order valence-corrected chi connectivity index (χ4v) is 7.96. The minimum absolute atomic E-state index is 0.0466. The number of likely N-dealkylation sites (N-methyl/N-ethyl adjacent to an activating group) is 1. The van der Waals surface area contributed by atoms with Gasteiger partial charge in [-0.05, 0) is 76.2 Å². The summed E-state index contributed by atoms with van der Waals surface area (Å²) in [5, 5.41) is 22.8. The number of hydrogen-bond donors (Lipinski definition) is 2. The van der Waals surface area contributed by atoms with Crippen molar-refractivity contribution in [3.63, 3.8) is 0 Å². The van der Waals surface area contributed by atoms with Crippen LogP contribution < -0.4 is 4.74 Å². The lowest BCUT2D eigenvalue weighted by Crippen LogP contribution is -2.74. The van der Waals surface area contributed by atoms with E-state index < -0.39 is 17.1 Å². The van der Waals surface area contributed by atoms with E-state index in [1.807, 2.05) is 12.1 Å². The molecule has 2 aliphatic carbocycles. The van der Waals surface area contributed by atoms with Gasteiger partial charge in [0.1, 0.15) is 5.76 Å². The number of nitrogens with zero attached hydrogens (tertiary/aromatic N) is 1. The highest BCUT2D eigenvalue weighted by Crippen LogP contribution is 2.65. The molecule has 6 nitrogen and oxygen atoms in total. The summed E-state index contributed by atoms with van der Waals surface area (Å²) in [7, 11) is 2.07. The second-order valence-corrected chi connectivity index (χ2v) is 12.9. The summed E-state index contributed by atoms with van der Waals surface area (Å²) in [6, 6.07) is 3.60. The van der Waals surface area contributed by atoms with Crippen molar-refractivity contribution < 1.29 is 24.5 Å². The van der Waals surface area contributed by atoms with Crippen LogP contribution in [0.4, 0.5) is 0 Å². The highest BCUT2D eigenvalue weighted by molar-refractivity contribution is 5.71. The van der Waals surface area contributed by atoms with Gasteiger partial charge in [0.25, 0.3) is 0 Å². The molecule has 0 amide bonds. The van der Waals surface area contributed by atoms with E-state index in [2.05, 4.69) is 31.0 Å². The first-order chi connectivity index (χ1) is 19.9. The average Bonchev–Trinajstić information content (AvgIpc) is 3.32. The fourth-order valence-electron chi connectivity index (χ4n) is 7.96. The first kappa shape index (κ1) is 30.2. The highest BCUT2D eigenvalue weighted by atomic mass is 16.6. The molecule has 1 fully saturated rings. The number of aliphatic hydroxyl groups is 1. The molecule has 2 N–H and O–H groups in total. The predicted molar refractivity (Wildman–Crippen MR) is 162 cm³/mol. The number of phenols is 1. The molecule has 0 saturated carbocycles. The molecule has 0 radical (unpaired) electrons. The Labute approximate surface area is 246 Å². The molecule has 0 unspecified atom stereocenters. The number of phenolic OH excluding ortho intramolecular Hbond substituents is 1. The number of allylic oxidation sites excluding steroid dienone is 2. The number of hydrogen-bond acceptors (Lipinski definition) is 6. The maximum absolute atomic E-state index is 12.9. The second kappa shape index (κ2) is 13.3. The normalized spacial score (nSPS) is 27.9. The first-order valence-corrected chi connectivity index (χ1v) is 16.4. The summed E-state index contributed by atoms with van der Waals surface area (Å²) in [4.78, 5) is 15.1. The van der Waals surface area contributed by atoms with Gasteiger partial charge in [-0.25, -0.2) is 0 Å². The SMILES string of the molecule is CCCCCCCC/C=C\CCCCCCCC(=O)OC1=CC[C@@]2(O)[C@H]3Cc4ccc(O)c5c4[C@@]2(CCN3C)[C@H]1O5. The molecule has 1 aromatic carbocycles. The van der Waals surface area contributed by atoms with Crippen LogP contribution in [0.25, 0.3) is 0 Å². The van der Waals surface area contributed by atoms with E-state index in [-0.39, 0.29) is 17.8 Å². The Hall–Kier alpha value is -2.31. The predicted octanol–water partition coefficient (Wildman–Crippen LogP) is 7.25. The van der Waals surface area contributed by atoms with Crippen LogP contribution in [0.3, 0.4) is 0 Å². The molecule has 226 valence electrons. The number of carbonyl (C=O) groups is 1. The van der Waals surface area contributed by atoms with Gasteiger partial charge in [0.05, 0.1) is 11.0 Å². The largest absolute Gasteiger partial charge is 0.504 e. The number of ether oxygens (including phenoxy) is 2. The van der Waals surface area contributed by atoms with Gasteiger partial charge in [-0.2, -0.15) is 0 Å². The minimum Gasteiger partial charge on any atom is -0.504 e. The molecule has 41 heavy (non-hydrogen) atoms. The number of benzene rings is 1. The van der Waals surface area contributed by atoms with E-state index in [1.165, 1.54) is 57.8 Å². The molecule has 1 saturated heterocycles. The van der Waals surface area contributed by atoms with Crippen molar-refractivity contribution in [3.8, 4) is 11.5 Å². The number of aromatic hydroxyl groups is 1. The number of likely N-dealkylation sites (tertiary alicyclic amines) is 1. The quantitative estimate of drug-likeness (QED) is 0.125. The summed E-state index contributed by atoms with van der Waals surface area (Å²) < 4.78 is 12.3. The van der Waals surface area contributed by atoms with Crippen LogP contribution in [0.5, 0.6) is 11.5 Å². The lowest BCUT2D eigenvalue weighted by Gasteiger charge is -2.61. The van der Waals surface area contributed by atoms with Crippen molar-refractivity contribution in [2.24, 2.45) is 0 Å². The zero-order valence-electron chi connectivity index (χ0n) is 25.3. The second-order valence-electron chi connectivity index (χ2n) is 12.9. The monoisotopic (exact) mass is 565 g/mol. The lowest BCUT2D eigenvalue weighted by molar-refractivity contribution is -0.169. The highest BCUT2D eigenvalue weighted by Gasteiger charge is 2.72. The van der Waals surface area contributed by atoms with Crippen LogP contribution in [0.2, 0.25) is 0 Å². The van der Waals surface area contributed by atoms with Crippen molar-refractivity contribution in [1.29, 1.82) is 0 Å². The Kier molecular flexibility index (Phi) is 9.81. The van der Waals surface area contributed by atoms with Gasteiger partial charge in [0.2, 0.25) is 0 Å². The minimum atomic E-state index is -1.03. The molecule has 1 spiro atoms. The molecule has 4 atom stereocenters. The molecule has 6 heteroatoms. The van der Waals surface area contributed by atoms with Crippen LogP contribution in [0, 0.1) is 0 Å². The van der Waals surface area contributed by atoms with Crippen LogP contribution in [0.1, 0.15) is 121 Å². The molecule has 1 aromatic rings. The maximum atomic E-state index is 12.9. The van der Waals surface area contributed by atoms with Gasteiger partial charge in [-0.3, -0.25) is 4.79 Å². The van der Waals surface area contributed by atoms with Gasteiger partial charge in [-0.15, -0.1) is 0 Å². The molecule has 2 bridgehead atoms. The van der Waals surface area contributed by atoms with E-state index in [4.69, 9.17) is 9.47 Å². The van der Waals surface area contributed by atoms with Crippen molar-refractivity contribution in [2.45, 2.75) is 139 Å². The third-order valence-corrected chi connectivity index (χ3v) is 10.2. The zero-order chi connectivity index (χ0) is 28.9. The van der Waals surface area contributed by atoms with Crippen LogP contribution in [-0.4, -0.2) is 52.4 Å². The first-order valence-electron chi connectivity index (χ1n) is 16.4.